The molecule has 0 aliphatic carbocycles. The number of hydrogen-bond donors (Lipinski definition) is 1. The summed E-state index contributed by atoms with van der Waals surface area (Å²) in [6.45, 7) is 0.486. The van der Waals surface area contributed by atoms with Crippen LogP contribution in [0, 0.1) is 18.1 Å². The van der Waals surface area contributed by atoms with Crippen molar-refractivity contribution in [3.05, 3.63) is 60.2 Å². The zero-order valence-electron chi connectivity index (χ0n) is 14.1. The highest BCUT2D eigenvalue weighted by Gasteiger charge is 2.51. The minimum atomic E-state index is -0.340. The van der Waals surface area contributed by atoms with Gasteiger partial charge in [-0.3, -0.25) is 9.59 Å². The van der Waals surface area contributed by atoms with Crippen molar-refractivity contribution >= 4 is 33.3 Å². The van der Waals surface area contributed by atoms with Crippen LogP contribution >= 0.6 is 0 Å². The summed E-state index contributed by atoms with van der Waals surface area (Å²) >= 11 is 0. The number of ketones is 1. The summed E-state index contributed by atoms with van der Waals surface area (Å²) in [6, 6.07) is 19.3. The lowest BCUT2D eigenvalue weighted by molar-refractivity contribution is -0.152. The molecule has 3 atom stereocenters. The number of ether oxygens (including phenoxy) is 1. The summed E-state index contributed by atoms with van der Waals surface area (Å²) in [6.07, 6.45) is 1.63. The van der Waals surface area contributed by atoms with Gasteiger partial charge in [0.1, 0.15) is 0 Å². The fourth-order valence-corrected chi connectivity index (χ4v) is 4.06. The first-order valence-corrected chi connectivity index (χ1v) is 8.95. The van der Waals surface area contributed by atoms with Gasteiger partial charge in [-0.25, -0.2) is 0 Å². The van der Waals surface area contributed by atoms with Gasteiger partial charge in [0.05, 0.1) is 18.6 Å². The highest BCUT2D eigenvalue weighted by molar-refractivity contribution is 6.21. The van der Waals surface area contributed by atoms with Crippen LogP contribution in [0.3, 0.4) is 0 Å². The number of carbonyl (C=O) groups excluding carboxylic acids is 2. The SMILES string of the molecule is O=C1OCCCC1C1NC1C(=O)c1c2c#cccc2cc2ccccc12. The molecule has 3 aromatic rings. The van der Waals surface area contributed by atoms with Gasteiger partial charge in [-0.05, 0) is 47.2 Å². The molecule has 26 heavy (non-hydrogen) atoms. The summed E-state index contributed by atoms with van der Waals surface area (Å²) in [4.78, 5) is 25.4. The van der Waals surface area contributed by atoms with Crippen LogP contribution in [0.4, 0.5) is 0 Å². The van der Waals surface area contributed by atoms with Crippen molar-refractivity contribution in [2.75, 3.05) is 6.61 Å². The van der Waals surface area contributed by atoms with Crippen LogP contribution in [0.15, 0.2) is 42.5 Å². The predicted octanol–water partition coefficient (Wildman–Crippen LogP) is 3.07. The van der Waals surface area contributed by atoms with Crippen LogP contribution in [0.1, 0.15) is 23.2 Å². The normalized spacial score (nSPS) is 24.9. The molecule has 2 heterocycles. The standard InChI is InChI=1S/C22H17NO3/c24-21(20-19(23-20)17-10-5-11-26-22(17)25)18-15-8-3-1-6-13(15)12-14-7-2-4-9-16(14)18/h1-3,6-8,12,17,19-20,23H,5,10-11H2. The number of cyclic esters (lactones) is 1. The molecule has 0 amide bonds. The summed E-state index contributed by atoms with van der Waals surface area (Å²) in [5.41, 5.74) is 0.666. The summed E-state index contributed by atoms with van der Waals surface area (Å²) < 4.78 is 5.16. The Morgan fingerprint density at radius 3 is 2.96 bits per heavy atom. The molecular formula is C22H17NO3. The Morgan fingerprint density at radius 1 is 1.19 bits per heavy atom. The number of hydrogen-bond acceptors (Lipinski definition) is 4. The van der Waals surface area contributed by atoms with Crippen molar-refractivity contribution < 1.29 is 14.3 Å². The third-order valence-electron chi connectivity index (χ3n) is 5.41. The summed E-state index contributed by atoms with van der Waals surface area (Å²) in [7, 11) is 0. The number of esters is 1. The smallest absolute Gasteiger partial charge is 0.310 e. The van der Waals surface area contributed by atoms with Crippen LogP contribution in [0.5, 0.6) is 0 Å². The highest BCUT2D eigenvalue weighted by atomic mass is 16.5. The van der Waals surface area contributed by atoms with Crippen LogP contribution in [-0.2, 0) is 9.53 Å². The largest absolute Gasteiger partial charge is 0.465 e. The van der Waals surface area contributed by atoms with Gasteiger partial charge in [-0.15, -0.1) is 0 Å². The van der Waals surface area contributed by atoms with E-state index in [0.717, 1.165) is 34.4 Å². The molecule has 0 saturated carbocycles. The van der Waals surface area contributed by atoms with E-state index in [1.165, 1.54) is 0 Å². The van der Waals surface area contributed by atoms with Gasteiger partial charge in [0, 0.05) is 17.0 Å². The van der Waals surface area contributed by atoms with Crippen molar-refractivity contribution in [2.24, 2.45) is 5.92 Å². The Labute approximate surface area is 151 Å². The molecule has 3 unspecified atom stereocenters. The Kier molecular flexibility index (Phi) is 3.44. The van der Waals surface area contributed by atoms with Crippen LogP contribution in [-0.4, -0.2) is 30.4 Å². The van der Waals surface area contributed by atoms with Crippen LogP contribution in [0.25, 0.3) is 21.5 Å². The monoisotopic (exact) mass is 343 g/mol. The molecule has 3 aromatic carbocycles. The van der Waals surface area contributed by atoms with E-state index in [1.807, 2.05) is 36.4 Å². The van der Waals surface area contributed by atoms with Gasteiger partial charge in [-0.2, -0.15) is 0 Å². The number of fused-ring (bicyclic) bond motifs is 2. The van der Waals surface area contributed by atoms with Crippen molar-refractivity contribution in [3.63, 3.8) is 0 Å². The maximum absolute atomic E-state index is 13.3. The summed E-state index contributed by atoms with van der Waals surface area (Å²) in [5, 5.41) is 6.92. The van der Waals surface area contributed by atoms with E-state index in [2.05, 4.69) is 23.5 Å². The first-order valence-electron chi connectivity index (χ1n) is 8.95. The second kappa shape index (κ2) is 5.82. The van der Waals surface area contributed by atoms with Gasteiger partial charge in [-0.1, -0.05) is 36.4 Å². The molecule has 0 radical (unpaired) electrons. The molecular weight excluding hydrogens is 326 g/mol. The Morgan fingerprint density at radius 2 is 2.08 bits per heavy atom. The van der Waals surface area contributed by atoms with Crippen molar-refractivity contribution in [2.45, 2.75) is 24.9 Å². The second-order valence-corrected chi connectivity index (χ2v) is 6.99. The molecule has 2 fully saturated rings. The van der Waals surface area contributed by atoms with E-state index in [9.17, 15) is 9.59 Å². The molecule has 0 aromatic heterocycles. The van der Waals surface area contributed by atoms with Crippen molar-refractivity contribution in [3.8, 4) is 0 Å². The van der Waals surface area contributed by atoms with Gasteiger partial charge < -0.3 is 10.1 Å². The van der Waals surface area contributed by atoms with E-state index >= 15 is 0 Å². The molecule has 5 rings (SSSR count). The molecule has 2 saturated heterocycles. The van der Waals surface area contributed by atoms with Crippen molar-refractivity contribution in [1.82, 2.24) is 5.32 Å². The molecule has 2 aliphatic rings. The zero-order chi connectivity index (χ0) is 17.7. The molecule has 0 bridgehead atoms. The van der Waals surface area contributed by atoms with Gasteiger partial charge >= 0.3 is 5.97 Å². The Bertz CT molecular complexity index is 988. The lowest BCUT2D eigenvalue weighted by atomic mass is 9.90. The van der Waals surface area contributed by atoms with E-state index in [1.54, 1.807) is 0 Å². The van der Waals surface area contributed by atoms with Gasteiger partial charge in [0.2, 0.25) is 0 Å². The lowest BCUT2D eigenvalue weighted by Crippen LogP contribution is -2.30. The summed E-state index contributed by atoms with van der Waals surface area (Å²) in [5.74, 6) is -0.396. The zero-order valence-corrected chi connectivity index (χ0v) is 14.1. The predicted molar refractivity (Wildman–Crippen MR) is 97.9 cm³/mol. The molecule has 4 heteroatoms. The van der Waals surface area contributed by atoms with E-state index in [-0.39, 0.29) is 29.8 Å². The molecule has 128 valence electrons. The third kappa shape index (κ3) is 2.36. The molecule has 2 aliphatic heterocycles. The highest BCUT2D eigenvalue weighted by Crippen LogP contribution is 2.34. The van der Waals surface area contributed by atoms with Gasteiger partial charge in [0.15, 0.2) is 5.78 Å². The number of rotatable bonds is 3. The Balaban J connectivity index is 1.58. The minimum absolute atomic E-state index is 0.0195. The van der Waals surface area contributed by atoms with Gasteiger partial charge in [0.25, 0.3) is 0 Å². The number of carbonyl (C=O) groups is 2. The fraction of sp³-hybridized carbons (Fsp3) is 0.273. The average Bonchev–Trinajstić information content (AvgIpc) is 3.46. The lowest BCUT2D eigenvalue weighted by Gasteiger charge is -2.19. The van der Waals surface area contributed by atoms with Crippen LogP contribution < -0.4 is 5.32 Å². The van der Waals surface area contributed by atoms with Crippen LogP contribution in [0.2, 0.25) is 0 Å². The Hall–Kier alpha value is -2.90. The number of Topliss-reactive ketones (excluding diaryl/α,β-unsaturated/α-hetero) is 1. The first kappa shape index (κ1) is 15.4. The third-order valence-corrected chi connectivity index (χ3v) is 5.41. The van der Waals surface area contributed by atoms with E-state index < -0.39 is 0 Å². The first-order chi connectivity index (χ1) is 12.7. The molecule has 4 nitrogen and oxygen atoms in total. The number of benzene rings is 2. The van der Waals surface area contributed by atoms with E-state index in [0.29, 0.717) is 12.2 Å². The number of nitrogens with one attached hydrogen (secondary N) is 1. The average molecular weight is 343 g/mol. The quantitative estimate of drug-likeness (QED) is 0.451. The topological polar surface area (TPSA) is 65.3 Å². The molecule has 0 spiro atoms. The second-order valence-electron chi connectivity index (χ2n) is 6.99. The van der Waals surface area contributed by atoms with E-state index in [4.69, 9.17) is 4.74 Å². The fourth-order valence-electron chi connectivity index (χ4n) is 4.06. The maximum atomic E-state index is 13.3. The van der Waals surface area contributed by atoms with Crippen molar-refractivity contribution in [1.29, 1.82) is 0 Å². The minimum Gasteiger partial charge on any atom is -0.465 e. The maximum Gasteiger partial charge on any atom is 0.310 e. The molecule has 1 N–H and O–H groups in total.